The molecule has 5 rings (SSSR count). The molecule has 0 radical (unpaired) electrons. The summed E-state index contributed by atoms with van der Waals surface area (Å²) in [6.45, 7) is 2.47. The topological polar surface area (TPSA) is 79.7 Å². The predicted molar refractivity (Wildman–Crippen MR) is 148 cm³/mol. The fourth-order valence-corrected chi connectivity index (χ4v) is 5.02. The van der Waals surface area contributed by atoms with Crippen molar-refractivity contribution in [2.75, 3.05) is 0 Å². The van der Waals surface area contributed by atoms with Gasteiger partial charge in [0.05, 0.1) is 11.6 Å². The van der Waals surface area contributed by atoms with Gasteiger partial charge in [-0.1, -0.05) is 64.5 Å². The number of aromatic nitrogens is 1. The van der Waals surface area contributed by atoms with E-state index in [9.17, 15) is 14.7 Å². The zero-order valence-electron chi connectivity index (χ0n) is 20.7. The highest BCUT2D eigenvalue weighted by atomic mass is 79.9. The number of pyridine rings is 1. The van der Waals surface area contributed by atoms with Crippen LogP contribution in [-0.4, -0.2) is 26.7 Å². The second-order valence-electron chi connectivity index (χ2n) is 9.10. The molecule has 0 bridgehead atoms. The van der Waals surface area contributed by atoms with E-state index < -0.39 is 17.7 Å². The molecule has 0 unspecified atom stereocenters. The number of hydrogen-bond acceptors (Lipinski definition) is 5. The molecule has 7 heteroatoms. The number of benzene rings is 3. The number of Topliss-reactive ketones (excluding diaryl/α,β-unsaturated/α-hetero) is 1. The summed E-state index contributed by atoms with van der Waals surface area (Å²) in [5.41, 5.74) is 3.83. The maximum Gasteiger partial charge on any atom is 0.295 e. The van der Waals surface area contributed by atoms with Gasteiger partial charge in [-0.2, -0.15) is 0 Å². The van der Waals surface area contributed by atoms with E-state index in [2.05, 4.69) is 20.9 Å². The van der Waals surface area contributed by atoms with Crippen LogP contribution in [-0.2, 0) is 22.7 Å². The molecule has 4 aromatic rings. The first-order valence-corrected chi connectivity index (χ1v) is 12.9. The number of likely N-dealkylation sites (tertiary alicyclic amines) is 1. The van der Waals surface area contributed by atoms with Crippen molar-refractivity contribution in [3.63, 3.8) is 0 Å². The molecule has 1 aliphatic heterocycles. The zero-order valence-corrected chi connectivity index (χ0v) is 22.3. The van der Waals surface area contributed by atoms with E-state index in [0.717, 1.165) is 21.2 Å². The zero-order chi connectivity index (χ0) is 26.6. The summed E-state index contributed by atoms with van der Waals surface area (Å²) in [7, 11) is 0. The number of halogens is 1. The summed E-state index contributed by atoms with van der Waals surface area (Å²) in [6, 6.07) is 25.4. The van der Waals surface area contributed by atoms with Gasteiger partial charge in [-0.3, -0.25) is 14.6 Å². The van der Waals surface area contributed by atoms with Crippen molar-refractivity contribution in [2.45, 2.75) is 26.1 Å². The summed E-state index contributed by atoms with van der Waals surface area (Å²) < 4.78 is 6.77. The Kier molecular flexibility index (Phi) is 7.38. The number of carbonyl (C=O) groups excluding carboxylic acids is 2. The molecule has 1 fully saturated rings. The fourth-order valence-electron chi connectivity index (χ4n) is 4.60. The van der Waals surface area contributed by atoms with Gasteiger partial charge in [-0.05, 0) is 65.6 Å². The summed E-state index contributed by atoms with van der Waals surface area (Å²) in [6.07, 6.45) is 3.31. The van der Waals surface area contributed by atoms with Gasteiger partial charge in [0.15, 0.2) is 0 Å². The number of rotatable bonds is 7. The van der Waals surface area contributed by atoms with Crippen LogP contribution < -0.4 is 4.74 Å². The van der Waals surface area contributed by atoms with Gasteiger partial charge >= 0.3 is 0 Å². The number of ketones is 1. The third kappa shape index (κ3) is 5.24. The molecule has 3 aromatic carbocycles. The predicted octanol–water partition coefficient (Wildman–Crippen LogP) is 6.35. The van der Waals surface area contributed by atoms with Gasteiger partial charge in [0, 0.05) is 29.0 Å². The third-order valence-electron chi connectivity index (χ3n) is 6.47. The molecule has 6 nitrogen and oxygen atoms in total. The maximum atomic E-state index is 13.3. The average Bonchev–Trinajstić information content (AvgIpc) is 3.18. The molecule has 38 heavy (non-hydrogen) atoms. The van der Waals surface area contributed by atoms with Gasteiger partial charge in [0.1, 0.15) is 18.1 Å². The van der Waals surface area contributed by atoms with E-state index in [1.165, 1.54) is 4.90 Å². The Morgan fingerprint density at radius 2 is 1.76 bits per heavy atom. The first-order chi connectivity index (χ1) is 18.4. The van der Waals surface area contributed by atoms with E-state index in [0.29, 0.717) is 23.5 Å². The van der Waals surface area contributed by atoms with Crippen molar-refractivity contribution in [2.24, 2.45) is 0 Å². The van der Waals surface area contributed by atoms with Crippen molar-refractivity contribution in [3.8, 4) is 5.75 Å². The molecule has 2 heterocycles. The first kappa shape index (κ1) is 25.4. The Hall–Kier alpha value is -4.23. The quantitative estimate of drug-likeness (QED) is 0.159. The Morgan fingerprint density at radius 3 is 2.47 bits per heavy atom. The second-order valence-corrected chi connectivity index (χ2v) is 10.0. The molecule has 1 saturated heterocycles. The highest BCUT2D eigenvalue weighted by molar-refractivity contribution is 9.10. The van der Waals surface area contributed by atoms with E-state index in [-0.39, 0.29) is 17.9 Å². The number of ether oxygens (including phenoxy) is 1. The Morgan fingerprint density at radius 1 is 0.974 bits per heavy atom. The lowest BCUT2D eigenvalue weighted by Gasteiger charge is -2.25. The molecule has 190 valence electrons. The second kappa shape index (κ2) is 11.0. The molecule has 1 amide bonds. The van der Waals surface area contributed by atoms with Gasteiger partial charge in [-0.15, -0.1) is 0 Å². The normalized spacial score (nSPS) is 16.6. The summed E-state index contributed by atoms with van der Waals surface area (Å²) in [5.74, 6) is -0.941. The monoisotopic (exact) mass is 568 g/mol. The number of aliphatic hydroxyl groups is 1. The molecule has 0 spiro atoms. The minimum absolute atomic E-state index is 0.0503. The van der Waals surface area contributed by atoms with E-state index >= 15 is 0 Å². The summed E-state index contributed by atoms with van der Waals surface area (Å²) in [5, 5.41) is 11.4. The Labute approximate surface area is 229 Å². The van der Waals surface area contributed by atoms with E-state index in [1.54, 1.807) is 36.7 Å². The first-order valence-electron chi connectivity index (χ1n) is 12.1. The standard InChI is InChI=1S/C31H25BrN2O4/c1-20-15-24(12-13-26(20)38-19-21-7-3-2-4-8-21)29(35)27-28(23-10-5-11-25(32)16-23)34(31(37)30(27)36)18-22-9-6-14-33-17-22/h2-17,28,35H,18-19H2,1H3/t28-/m1/s1. The average molecular weight is 569 g/mol. The smallest absolute Gasteiger partial charge is 0.295 e. The van der Waals surface area contributed by atoms with Crippen LogP contribution in [0.25, 0.3) is 5.76 Å². The number of carbonyl (C=O) groups is 2. The van der Waals surface area contributed by atoms with Gasteiger partial charge in [-0.25, -0.2) is 0 Å². The molecule has 1 N–H and O–H groups in total. The lowest BCUT2D eigenvalue weighted by molar-refractivity contribution is -0.140. The van der Waals surface area contributed by atoms with Crippen LogP contribution in [0.2, 0.25) is 0 Å². The molecular weight excluding hydrogens is 544 g/mol. The SMILES string of the molecule is Cc1cc(C(O)=C2C(=O)C(=O)N(Cc3cccnc3)[C@@H]2c2cccc(Br)c2)ccc1OCc1ccccc1. The highest BCUT2D eigenvalue weighted by Gasteiger charge is 2.46. The number of aliphatic hydroxyl groups excluding tert-OH is 1. The maximum absolute atomic E-state index is 13.3. The van der Waals surface area contributed by atoms with Crippen LogP contribution in [0, 0.1) is 6.92 Å². The molecular formula is C31H25BrN2O4. The van der Waals surface area contributed by atoms with Crippen molar-refractivity contribution in [3.05, 3.63) is 135 Å². The molecule has 1 aliphatic rings. The van der Waals surface area contributed by atoms with Crippen LogP contribution >= 0.6 is 15.9 Å². The number of aryl methyl sites for hydroxylation is 1. The van der Waals surface area contributed by atoms with Crippen LogP contribution in [0.1, 0.15) is 33.9 Å². The van der Waals surface area contributed by atoms with Gasteiger partial charge in [0.25, 0.3) is 11.7 Å². The number of nitrogens with zero attached hydrogens (tertiary/aromatic N) is 2. The lowest BCUT2D eigenvalue weighted by Crippen LogP contribution is -2.29. The molecule has 0 saturated carbocycles. The van der Waals surface area contributed by atoms with Crippen LogP contribution in [0.4, 0.5) is 0 Å². The van der Waals surface area contributed by atoms with Crippen molar-refractivity contribution in [1.82, 2.24) is 9.88 Å². The van der Waals surface area contributed by atoms with Crippen LogP contribution in [0.3, 0.4) is 0 Å². The van der Waals surface area contributed by atoms with Crippen molar-refractivity contribution >= 4 is 33.4 Å². The van der Waals surface area contributed by atoms with Crippen LogP contribution in [0.5, 0.6) is 5.75 Å². The fraction of sp³-hybridized carbons (Fsp3) is 0.129. The molecule has 0 aliphatic carbocycles. The Bertz CT molecular complexity index is 1520. The third-order valence-corrected chi connectivity index (χ3v) is 6.96. The van der Waals surface area contributed by atoms with Gasteiger partial charge in [0.2, 0.25) is 0 Å². The highest BCUT2D eigenvalue weighted by Crippen LogP contribution is 2.41. The summed E-state index contributed by atoms with van der Waals surface area (Å²) in [4.78, 5) is 32.2. The van der Waals surface area contributed by atoms with E-state index in [1.807, 2.05) is 67.6 Å². The van der Waals surface area contributed by atoms with E-state index in [4.69, 9.17) is 4.74 Å². The Balaban J connectivity index is 1.52. The van der Waals surface area contributed by atoms with Crippen molar-refractivity contribution < 1.29 is 19.4 Å². The van der Waals surface area contributed by atoms with Crippen molar-refractivity contribution in [1.29, 1.82) is 0 Å². The number of hydrogen-bond donors (Lipinski definition) is 1. The largest absolute Gasteiger partial charge is 0.507 e. The molecule has 1 aromatic heterocycles. The lowest BCUT2D eigenvalue weighted by atomic mass is 9.94. The minimum Gasteiger partial charge on any atom is -0.507 e. The number of amides is 1. The summed E-state index contributed by atoms with van der Waals surface area (Å²) >= 11 is 3.49. The van der Waals surface area contributed by atoms with Gasteiger partial charge < -0.3 is 14.7 Å². The minimum atomic E-state index is -0.762. The molecule has 1 atom stereocenters. The van der Waals surface area contributed by atoms with Crippen LogP contribution in [0.15, 0.2) is 107 Å².